The number of aryl methyl sites for hydroxylation is 1. The maximum absolute atomic E-state index is 5.99. The lowest BCUT2D eigenvalue weighted by atomic mass is 10.3. The number of hydrogen-bond acceptors (Lipinski definition) is 2. The summed E-state index contributed by atoms with van der Waals surface area (Å²) in [4.78, 5) is 4.44. The Labute approximate surface area is 122 Å². The molecule has 3 aromatic heterocycles. The molecule has 4 rings (SSSR count). The molecule has 6 heteroatoms. The van der Waals surface area contributed by atoms with Crippen molar-refractivity contribution in [2.45, 2.75) is 25.4 Å². The van der Waals surface area contributed by atoms with Gasteiger partial charge in [0.2, 0.25) is 0 Å². The standard InChI is InChI=1S/C15H18N5O/c1-18-5-4-14-19(6-7-20(14)18)9-13-8-11(10-21-13)15(16)17-12-2-3-12/h4-8,10,12H,2-3,9H2,1H3,(H2,16,17)/q+1. The van der Waals surface area contributed by atoms with E-state index in [-0.39, 0.29) is 0 Å². The average Bonchev–Trinajstić information content (AvgIpc) is 2.90. The Kier molecular flexibility index (Phi) is 2.63. The van der Waals surface area contributed by atoms with Crippen molar-refractivity contribution in [3.63, 3.8) is 0 Å². The first-order valence-electron chi connectivity index (χ1n) is 7.14. The normalized spacial score (nSPS) is 16.0. The van der Waals surface area contributed by atoms with Crippen LogP contribution in [-0.4, -0.2) is 21.1 Å². The highest BCUT2D eigenvalue weighted by molar-refractivity contribution is 5.97. The first-order valence-corrected chi connectivity index (χ1v) is 7.14. The van der Waals surface area contributed by atoms with Crippen LogP contribution in [-0.2, 0) is 13.6 Å². The minimum atomic E-state index is 0.424. The van der Waals surface area contributed by atoms with E-state index >= 15 is 0 Å². The largest absolute Gasteiger partial charge is 0.464 e. The summed E-state index contributed by atoms with van der Waals surface area (Å²) in [7, 11) is 2.01. The smallest absolute Gasteiger partial charge is 0.307 e. The van der Waals surface area contributed by atoms with E-state index in [0.29, 0.717) is 18.4 Å². The van der Waals surface area contributed by atoms with Crippen LogP contribution in [0.3, 0.4) is 0 Å². The van der Waals surface area contributed by atoms with Crippen molar-refractivity contribution >= 4 is 11.5 Å². The molecule has 1 aliphatic carbocycles. The number of aromatic nitrogens is 3. The third-order valence-electron chi connectivity index (χ3n) is 3.84. The number of aliphatic imine (C=N–C) groups is 1. The van der Waals surface area contributed by atoms with Gasteiger partial charge in [-0.15, -0.1) is 4.52 Å². The predicted molar refractivity (Wildman–Crippen MR) is 78.1 cm³/mol. The van der Waals surface area contributed by atoms with Crippen LogP contribution in [0, 0.1) is 0 Å². The number of nitrogens with zero attached hydrogens (tertiary/aromatic N) is 4. The van der Waals surface area contributed by atoms with E-state index < -0.39 is 0 Å². The molecule has 3 aromatic rings. The highest BCUT2D eigenvalue weighted by Crippen LogP contribution is 2.24. The Hall–Kier alpha value is -2.50. The number of furan rings is 1. The first-order chi connectivity index (χ1) is 10.2. The van der Waals surface area contributed by atoms with Gasteiger partial charge in [0.25, 0.3) is 0 Å². The second-order valence-corrected chi connectivity index (χ2v) is 5.57. The van der Waals surface area contributed by atoms with Crippen molar-refractivity contribution in [1.82, 2.24) is 9.20 Å². The lowest BCUT2D eigenvalue weighted by Crippen LogP contribution is -2.32. The Morgan fingerprint density at radius 2 is 2.33 bits per heavy atom. The summed E-state index contributed by atoms with van der Waals surface area (Å²) in [5, 5.41) is 0. The number of fused-ring (bicyclic) bond motifs is 1. The average molecular weight is 284 g/mol. The van der Waals surface area contributed by atoms with Crippen LogP contribution in [0.2, 0.25) is 0 Å². The van der Waals surface area contributed by atoms with E-state index in [1.165, 1.54) is 0 Å². The Balaban J connectivity index is 1.58. The molecule has 1 aliphatic rings. The van der Waals surface area contributed by atoms with Crippen LogP contribution < -0.4 is 10.3 Å². The Morgan fingerprint density at radius 1 is 1.48 bits per heavy atom. The third kappa shape index (κ3) is 2.22. The number of nitrogens with two attached hydrogens (primary N) is 1. The van der Waals surface area contributed by atoms with Gasteiger partial charge in [-0.05, 0) is 18.9 Å². The topological polar surface area (TPSA) is 64.7 Å². The zero-order valence-corrected chi connectivity index (χ0v) is 11.9. The molecule has 2 N–H and O–H groups in total. The molecule has 3 heterocycles. The highest BCUT2D eigenvalue weighted by Gasteiger charge is 2.21. The zero-order valence-electron chi connectivity index (χ0n) is 11.9. The van der Waals surface area contributed by atoms with Gasteiger partial charge >= 0.3 is 5.65 Å². The SMILES string of the molecule is Cn1ccc2n1cc[n+]2Cc1cc(C(N)=NC2CC2)co1. The van der Waals surface area contributed by atoms with Crippen molar-refractivity contribution in [2.24, 2.45) is 17.8 Å². The maximum atomic E-state index is 5.99. The van der Waals surface area contributed by atoms with E-state index in [0.717, 1.165) is 29.8 Å². The van der Waals surface area contributed by atoms with Crippen LogP contribution in [0.15, 0.2) is 46.4 Å². The van der Waals surface area contributed by atoms with Crippen LogP contribution in [0.4, 0.5) is 0 Å². The van der Waals surface area contributed by atoms with E-state index in [1.54, 1.807) is 6.26 Å². The van der Waals surface area contributed by atoms with E-state index in [9.17, 15) is 0 Å². The number of hydrogen-bond donors (Lipinski definition) is 1. The summed E-state index contributed by atoms with van der Waals surface area (Å²) in [6.07, 6.45) is 10.1. The van der Waals surface area contributed by atoms with Gasteiger partial charge < -0.3 is 10.2 Å². The Morgan fingerprint density at radius 3 is 3.14 bits per heavy atom. The molecule has 0 radical (unpaired) electrons. The number of imidazole rings is 1. The summed E-state index contributed by atoms with van der Waals surface area (Å²) >= 11 is 0. The molecule has 0 spiro atoms. The second-order valence-electron chi connectivity index (χ2n) is 5.57. The molecule has 21 heavy (non-hydrogen) atoms. The lowest BCUT2D eigenvalue weighted by Gasteiger charge is -1.94. The molecule has 1 fully saturated rings. The van der Waals surface area contributed by atoms with Crippen LogP contribution in [0.1, 0.15) is 24.2 Å². The molecule has 0 aliphatic heterocycles. The summed E-state index contributed by atoms with van der Waals surface area (Å²) in [5.41, 5.74) is 7.99. The molecule has 0 unspecified atom stereocenters. The fourth-order valence-corrected chi connectivity index (χ4v) is 2.49. The molecule has 0 amide bonds. The molecule has 6 nitrogen and oxygen atoms in total. The van der Waals surface area contributed by atoms with E-state index in [1.807, 2.05) is 36.4 Å². The molecule has 108 valence electrons. The predicted octanol–water partition coefficient (Wildman–Crippen LogP) is 1.07. The second kappa shape index (κ2) is 4.51. The number of amidine groups is 1. The van der Waals surface area contributed by atoms with Crippen molar-refractivity contribution < 1.29 is 8.98 Å². The van der Waals surface area contributed by atoms with Crippen molar-refractivity contribution in [3.05, 3.63) is 48.3 Å². The first kappa shape index (κ1) is 12.3. The third-order valence-corrected chi connectivity index (χ3v) is 3.84. The molecule has 0 saturated heterocycles. The lowest BCUT2D eigenvalue weighted by molar-refractivity contribution is -0.663. The summed E-state index contributed by atoms with van der Waals surface area (Å²) in [5.74, 6) is 1.46. The van der Waals surface area contributed by atoms with Gasteiger partial charge in [-0.25, -0.2) is 9.25 Å². The zero-order chi connectivity index (χ0) is 14.4. The quantitative estimate of drug-likeness (QED) is 0.442. The van der Waals surface area contributed by atoms with Crippen LogP contribution in [0.5, 0.6) is 0 Å². The van der Waals surface area contributed by atoms with Gasteiger partial charge in [0.15, 0.2) is 6.20 Å². The molecule has 1 saturated carbocycles. The number of rotatable bonds is 4. The fraction of sp³-hybridized carbons (Fsp3) is 0.333. The van der Waals surface area contributed by atoms with Crippen molar-refractivity contribution in [3.8, 4) is 0 Å². The monoisotopic (exact) mass is 284 g/mol. The van der Waals surface area contributed by atoms with E-state index in [4.69, 9.17) is 10.2 Å². The van der Waals surface area contributed by atoms with Crippen LogP contribution in [0.25, 0.3) is 5.65 Å². The van der Waals surface area contributed by atoms with Gasteiger partial charge in [-0.3, -0.25) is 4.99 Å². The maximum Gasteiger partial charge on any atom is 0.307 e. The molecule has 0 aromatic carbocycles. The summed E-state index contributed by atoms with van der Waals surface area (Å²) < 4.78 is 11.9. The minimum Gasteiger partial charge on any atom is -0.464 e. The van der Waals surface area contributed by atoms with Gasteiger partial charge in [-0.1, -0.05) is 0 Å². The summed E-state index contributed by atoms with van der Waals surface area (Å²) in [6.45, 7) is 0.678. The molecular formula is C15H18N5O+. The van der Waals surface area contributed by atoms with Gasteiger partial charge in [0.1, 0.15) is 30.6 Å². The van der Waals surface area contributed by atoms with Crippen molar-refractivity contribution in [1.29, 1.82) is 0 Å². The van der Waals surface area contributed by atoms with Crippen molar-refractivity contribution in [2.75, 3.05) is 0 Å². The summed E-state index contributed by atoms with van der Waals surface area (Å²) in [6, 6.07) is 4.47. The minimum absolute atomic E-state index is 0.424. The van der Waals surface area contributed by atoms with Gasteiger partial charge in [-0.2, -0.15) is 0 Å². The highest BCUT2D eigenvalue weighted by atomic mass is 16.3. The fourth-order valence-electron chi connectivity index (χ4n) is 2.49. The van der Waals surface area contributed by atoms with Gasteiger partial charge in [0.05, 0.1) is 11.6 Å². The van der Waals surface area contributed by atoms with E-state index in [2.05, 4.69) is 20.1 Å². The molecule has 0 bridgehead atoms. The molecular weight excluding hydrogens is 266 g/mol. The Bertz CT molecular complexity index is 818. The van der Waals surface area contributed by atoms with Gasteiger partial charge in [0, 0.05) is 19.3 Å². The molecule has 0 atom stereocenters. The van der Waals surface area contributed by atoms with Crippen LogP contribution >= 0.6 is 0 Å².